The molecule has 1 aromatic rings. The molecule has 2 aliphatic heterocycles. The first-order chi connectivity index (χ1) is 14.7. The Bertz CT molecular complexity index is 752. The molecular formula is C23H40N6O2. The maximum absolute atomic E-state index is 12.7. The molecule has 2 atom stereocenters. The van der Waals surface area contributed by atoms with Gasteiger partial charge in [-0.1, -0.05) is 13.8 Å². The largest absolute Gasteiger partial charge is 0.444 e. The van der Waals surface area contributed by atoms with Crippen molar-refractivity contribution in [1.82, 2.24) is 25.1 Å². The number of ether oxygens (including phenoxy) is 1. The number of imidazole rings is 1. The second-order valence-corrected chi connectivity index (χ2v) is 10.2. The van der Waals surface area contributed by atoms with Crippen LogP contribution in [-0.4, -0.2) is 56.8 Å². The second kappa shape index (κ2) is 9.92. The van der Waals surface area contributed by atoms with E-state index in [0.29, 0.717) is 18.5 Å². The summed E-state index contributed by atoms with van der Waals surface area (Å²) < 4.78 is 7.83. The average Bonchev–Trinajstić information content (AvgIpc) is 3.20. The monoisotopic (exact) mass is 432 g/mol. The van der Waals surface area contributed by atoms with E-state index in [9.17, 15) is 4.79 Å². The van der Waals surface area contributed by atoms with Gasteiger partial charge in [0, 0.05) is 43.6 Å². The van der Waals surface area contributed by atoms with Crippen molar-refractivity contribution in [2.24, 2.45) is 10.9 Å². The van der Waals surface area contributed by atoms with E-state index < -0.39 is 5.60 Å². The SMILES string of the molecule is CCNC(=NCc1nccn1CC(C)C)NC1CC2CCC(C1)N2C(=O)OC(C)(C)C. The minimum atomic E-state index is -0.461. The fourth-order valence-corrected chi connectivity index (χ4v) is 4.62. The number of hydrogen-bond acceptors (Lipinski definition) is 4. The van der Waals surface area contributed by atoms with Crippen LogP contribution in [0, 0.1) is 5.92 Å². The number of aliphatic imine (C=N–C) groups is 1. The van der Waals surface area contributed by atoms with Crippen LogP contribution in [0.4, 0.5) is 4.79 Å². The zero-order valence-corrected chi connectivity index (χ0v) is 20.0. The summed E-state index contributed by atoms with van der Waals surface area (Å²) in [5, 5.41) is 6.98. The van der Waals surface area contributed by atoms with E-state index in [1.807, 2.05) is 38.1 Å². The quantitative estimate of drug-likeness (QED) is 0.531. The van der Waals surface area contributed by atoms with Gasteiger partial charge in [0.15, 0.2) is 5.96 Å². The number of carbonyl (C=O) groups is 1. The Morgan fingerprint density at radius 3 is 2.55 bits per heavy atom. The molecule has 8 nitrogen and oxygen atoms in total. The van der Waals surface area contributed by atoms with E-state index in [4.69, 9.17) is 9.73 Å². The fourth-order valence-electron chi connectivity index (χ4n) is 4.62. The van der Waals surface area contributed by atoms with Crippen LogP contribution in [0.1, 0.15) is 73.1 Å². The molecule has 2 N–H and O–H groups in total. The lowest BCUT2D eigenvalue weighted by atomic mass is 9.98. The highest BCUT2D eigenvalue weighted by molar-refractivity contribution is 5.80. The van der Waals surface area contributed by atoms with Gasteiger partial charge in [0.25, 0.3) is 0 Å². The predicted octanol–water partition coefficient (Wildman–Crippen LogP) is 3.52. The molecule has 3 rings (SSSR count). The molecule has 3 heterocycles. The van der Waals surface area contributed by atoms with Gasteiger partial charge >= 0.3 is 6.09 Å². The smallest absolute Gasteiger partial charge is 0.410 e. The maximum atomic E-state index is 12.7. The van der Waals surface area contributed by atoms with Crippen LogP contribution in [0.5, 0.6) is 0 Å². The maximum Gasteiger partial charge on any atom is 0.410 e. The molecule has 0 spiro atoms. The summed E-state index contributed by atoms with van der Waals surface area (Å²) in [4.78, 5) is 23.9. The minimum Gasteiger partial charge on any atom is -0.444 e. The van der Waals surface area contributed by atoms with Crippen molar-refractivity contribution in [2.45, 2.75) is 104 Å². The number of piperidine rings is 1. The van der Waals surface area contributed by atoms with Gasteiger partial charge in [-0.05, 0) is 59.3 Å². The summed E-state index contributed by atoms with van der Waals surface area (Å²) >= 11 is 0. The zero-order chi connectivity index (χ0) is 22.6. The van der Waals surface area contributed by atoms with E-state index in [1.165, 1.54) is 0 Å². The van der Waals surface area contributed by atoms with E-state index in [2.05, 4.69) is 41.0 Å². The van der Waals surface area contributed by atoms with E-state index in [1.54, 1.807) is 0 Å². The number of nitrogens with zero attached hydrogens (tertiary/aromatic N) is 4. The first-order valence-corrected chi connectivity index (χ1v) is 11.7. The molecule has 31 heavy (non-hydrogen) atoms. The Hall–Kier alpha value is -2.25. The molecule has 2 bridgehead atoms. The van der Waals surface area contributed by atoms with Crippen molar-refractivity contribution in [3.63, 3.8) is 0 Å². The van der Waals surface area contributed by atoms with Gasteiger partial charge in [-0.2, -0.15) is 0 Å². The molecule has 0 aromatic carbocycles. The lowest BCUT2D eigenvalue weighted by molar-refractivity contribution is 0.00545. The Morgan fingerprint density at radius 1 is 1.29 bits per heavy atom. The third kappa shape index (κ3) is 6.37. The van der Waals surface area contributed by atoms with Gasteiger partial charge in [0.05, 0.1) is 0 Å². The van der Waals surface area contributed by atoms with Crippen LogP contribution in [-0.2, 0) is 17.8 Å². The molecule has 2 fully saturated rings. The van der Waals surface area contributed by atoms with Crippen molar-refractivity contribution in [2.75, 3.05) is 6.54 Å². The number of fused-ring (bicyclic) bond motifs is 2. The van der Waals surface area contributed by atoms with Gasteiger partial charge in [0.1, 0.15) is 18.0 Å². The average molecular weight is 433 g/mol. The normalized spacial score (nSPS) is 23.9. The molecule has 1 amide bonds. The molecule has 8 heteroatoms. The highest BCUT2D eigenvalue weighted by Gasteiger charge is 2.45. The first kappa shape index (κ1) is 23.4. The molecule has 2 saturated heterocycles. The predicted molar refractivity (Wildman–Crippen MR) is 123 cm³/mol. The van der Waals surface area contributed by atoms with Crippen LogP contribution in [0.3, 0.4) is 0 Å². The highest BCUT2D eigenvalue weighted by atomic mass is 16.6. The Kier molecular flexibility index (Phi) is 7.49. The number of rotatable bonds is 6. The fraction of sp³-hybridized carbons (Fsp3) is 0.783. The standard InChI is InChI=1S/C23H40N6O2/c1-7-24-21(26-14-20-25-10-11-28(20)15-16(2)3)27-17-12-18-8-9-19(13-17)29(18)22(30)31-23(4,5)6/h10-11,16-19H,7-9,12-15H2,1-6H3,(H2,24,26,27). The van der Waals surface area contributed by atoms with Gasteiger partial charge in [-0.25, -0.2) is 14.8 Å². The van der Waals surface area contributed by atoms with Gasteiger partial charge < -0.3 is 24.8 Å². The van der Waals surface area contributed by atoms with Crippen molar-refractivity contribution >= 4 is 12.1 Å². The lowest BCUT2D eigenvalue weighted by Crippen LogP contribution is -2.55. The van der Waals surface area contributed by atoms with Gasteiger partial charge in [-0.3, -0.25) is 0 Å². The molecule has 0 aliphatic carbocycles. The number of hydrogen-bond donors (Lipinski definition) is 2. The minimum absolute atomic E-state index is 0.170. The number of amides is 1. The molecule has 0 saturated carbocycles. The first-order valence-electron chi connectivity index (χ1n) is 11.7. The third-order valence-electron chi connectivity index (χ3n) is 5.76. The van der Waals surface area contributed by atoms with Crippen molar-refractivity contribution in [3.8, 4) is 0 Å². The number of guanidine groups is 1. The van der Waals surface area contributed by atoms with E-state index >= 15 is 0 Å². The number of aromatic nitrogens is 2. The van der Waals surface area contributed by atoms with Crippen LogP contribution in [0.25, 0.3) is 0 Å². The summed E-state index contributed by atoms with van der Waals surface area (Å²) in [5.74, 6) is 2.36. The Morgan fingerprint density at radius 2 is 1.97 bits per heavy atom. The van der Waals surface area contributed by atoms with Crippen LogP contribution in [0.2, 0.25) is 0 Å². The summed E-state index contributed by atoms with van der Waals surface area (Å²) in [6.45, 7) is 14.5. The van der Waals surface area contributed by atoms with Crippen molar-refractivity contribution in [3.05, 3.63) is 18.2 Å². The van der Waals surface area contributed by atoms with Gasteiger partial charge in [-0.15, -0.1) is 0 Å². The van der Waals surface area contributed by atoms with Crippen LogP contribution >= 0.6 is 0 Å². The van der Waals surface area contributed by atoms with Crippen LogP contribution < -0.4 is 10.6 Å². The van der Waals surface area contributed by atoms with E-state index in [0.717, 1.165) is 50.6 Å². The molecule has 2 aliphatic rings. The molecule has 1 aromatic heterocycles. The number of carbonyl (C=O) groups excluding carboxylic acids is 1. The molecule has 2 unspecified atom stereocenters. The third-order valence-corrected chi connectivity index (χ3v) is 5.76. The summed E-state index contributed by atoms with van der Waals surface area (Å²) in [5.41, 5.74) is -0.461. The molecular weight excluding hydrogens is 392 g/mol. The molecule has 174 valence electrons. The Balaban J connectivity index is 1.61. The van der Waals surface area contributed by atoms with Crippen molar-refractivity contribution < 1.29 is 9.53 Å². The number of nitrogens with one attached hydrogen (secondary N) is 2. The van der Waals surface area contributed by atoms with Crippen LogP contribution in [0.15, 0.2) is 17.4 Å². The second-order valence-electron chi connectivity index (χ2n) is 10.2. The topological polar surface area (TPSA) is 83.8 Å². The van der Waals surface area contributed by atoms with Gasteiger partial charge in [0.2, 0.25) is 0 Å². The summed E-state index contributed by atoms with van der Waals surface area (Å²) in [7, 11) is 0. The van der Waals surface area contributed by atoms with Crippen molar-refractivity contribution in [1.29, 1.82) is 0 Å². The highest BCUT2D eigenvalue weighted by Crippen LogP contribution is 2.36. The molecule has 0 radical (unpaired) electrons. The van der Waals surface area contributed by atoms with E-state index in [-0.39, 0.29) is 18.2 Å². The lowest BCUT2D eigenvalue weighted by Gasteiger charge is -2.40. The zero-order valence-electron chi connectivity index (χ0n) is 20.0. The Labute approximate surface area is 186 Å². The summed E-state index contributed by atoms with van der Waals surface area (Å²) in [6.07, 6.45) is 7.62. The summed E-state index contributed by atoms with van der Waals surface area (Å²) in [6, 6.07) is 0.766.